The van der Waals surface area contributed by atoms with Crippen molar-refractivity contribution in [3.05, 3.63) is 71.3 Å². The van der Waals surface area contributed by atoms with Crippen LogP contribution in [0.4, 0.5) is 8.78 Å². The second kappa shape index (κ2) is 9.14. The molecule has 2 aliphatic rings. The van der Waals surface area contributed by atoms with Gasteiger partial charge in [-0.15, -0.1) is 0 Å². The summed E-state index contributed by atoms with van der Waals surface area (Å²) in [4.78, 5) is 26.7. The summed E-state index contributed by atoms with van der Waals surface area (Å²) in [5.74, 6) is -1.96. The summed E-state index contributed by atoms with van der Waals surface area (Å²) in [6.45, 7) is 1.61. The fourth-order valence-corrected chi connectivity index (χ4v) is 4.45. The van der Waals surface area contributed by atoms with Crippen LogP contribution in [0.5, 0.6) is 0 Å². The zero-order valence-electron chi connectivity index (χ0n) is 17.3. The number of carbonyl (C=O) groups excluding carboxylic acids is 2. The van der Waals surface area contributed by atoms with Crippen LogP contribution in [0.25, 0.3) is 0 Å². The third kappa shape index (κ3) is 5.28. The van der Waals surface area contributed by atoms with Crippen LogP contribution in [0.15, 0.2) is 48.5 Å². The number of benzene rings is 2. The van der Waals surface area contributed by atoms with E-state index in [0.29, 0.717) is 19.5 Å². The Kier molecular flexibility index (Phi) is 6.32. The van der Waals surface area contributed by atoms with Crippen molar-refractivity contribution in [3.8, 4) is 0 Å². The highest BCUT2D eigenvalue weighted by atomic mass is 19.1. The molecule has 7 heteroatoms. The number of hydrogen-bond acceptors (Lipinski definition) is 3. The maximum atomic E-state index is 13.3. The first kappa shape index (κ1) is 21.4. The summed E-state index contributed by atoms with van der Waals surface area (Å²) in [5, 5.41) is 2.71. The van der Waals surface area contributed by atoms with Crippen LogP contribution in [-0.4, -0.2) is 48.1 Å². The minimum absolute atomic E-state index is 0.0459. The Labute approximate surface area is 180 Å². The molecule has 2 aliphatic heterocycles. The lowest BCUT2D eigenvalue weighted by Gasteiger charge is -2.39. The molecule has 1 atom stereocenters. The molecule has 2 aromatic carbocycles. The monoisotopic (exact) mass is 428 g/mol. The van der Waals surface area contributed by atoms with E-state index in [1.807, 2.05) is 35.2 Å². The summed E-state index contributed by atoms with van der Waals surface area (Å²) in [6, 6.07) is 12.5. The normalized spacial score (nSPS) is 20.1. The van der Waals surface area contributed by atoms with Crippen LogP contribution in [0.1, 0.15) is 41.6 Å². The Morgan fingerprint density at radius 2 is 1.71 bits per heavy atom. The molecule has 164 valence electrons. The van der Waals surface area contributed by atoms with Crippen LogP contribution in [0.2, 0.25) is 0 Å². The molecule has 0 radical (unpaired) electrons. The number of ether oxygens (including phenoxy) is 1. The van der Waals surface area contributed by atoms with Crippen molar-refractivity contribution in [3.63, 3.8) is 0 Å². The Morgan fingerprint density at radius 3 is 2.39 bits per heavy atom. The lowest BCUT2D eigenvalue weighted by atomic mass is 9.88. The highest BCUT2D eigenvalue weighted by molar-refractivity contribution is 5.94. The van der Waals surface area contributed by atoms with Gasteiger partial charge in [0.05, 0.1) is 18.1 Å². The third-order valence-electron chi connectivity index (χ3n) is 6.18. The van der Waals surface area contributed by atoms with Gasteiger partial charge in [-0.25, -0.2) is 8.78 Å². The molecule has 2 aromatic rings. The van der Waals surface area contributed by atoms with Gasteiger partial charge in [0.15, 0.2) is 0 Å². The van der Waals surface area contributed by atoms with Crippen molar-refractivity contribution in [2.24, 2.45) is 0 Å². The molecule has 2 fully saturated rings. The van der Waals surface area contributed by atoms with E-state index in [-0.39, 0.29) is 29.7 Å². The maximum Gasteiger partial charge on any atom is 0.251 e. The largest absolute Gasteiger partial charge is 0.370 e. The lowest BCUT2D eigenvalue weighted by molar-refractivity contribution is -0.136. The highest BCUT2D eigenvalue weighted by Crippen LogP contribution is 2.38. The summed E-state index contributed by atoms with van der Waals surface area (Å²) >= 11 is 0. The number of halogens is 2. The lowest BCUT2D eigenvalue weighted by Crippen LogP contribution is -2.47. The molecule has 0 aromatic heterocycles. The summed E-state index contributed by atoms with van der Waals surface area (Å²) < 4.78 is 32.9. The molecule has 4 rings (SSSR count). The Balaban J connectivity index is 1.24. The van der Waals surface area contributed by atoms with Crippen LogP contribution in [-0.2, 0) is 16.0 Å². The number of rotatable bonds is 5. The molecule has 2 amide bonds. The van der Waals surface area contributed by atoms with Gasteiger partial charge in [-0.1, -0.05) is 30.3 Å². The fraction of sp³-hybridized carbons (Fsp3) is 0.417. The average molecular weight is 428 g/mol. The van der Waals surface area contributed by atoms with Gasteiger partial charge in [-0.05, 0) is 43.4 Å². The Morgan fingerprint density at radius 1 is 1.03 bits per heavy atom. The molecule has 1 N–H and O–H groups in total. The molecule has 1 spiro atoms. The van der Waals surface area contributed by atoms with Gasteiger partial charge < -0.3 is 15.0 Å². The zero-order valence-corrected chi connectivity index (χ0v) is 17.3. The quantitative estimate of drug-likeness (QED) is 0.793. The summed E-state index contributed by atoms with van der Waals surface area (Å²) in [7, 11) is 0. The first-order valence-electron chi connectivity index (χ1n) is 10.7. The van der Waals surface area contributed by atoms with Crippen molar-refractivity contribution in [1.82, 2.24) is 10.2 Å². The predicted octanol–water partition coefficient (Wildman–Crippen LogP) is 3.48. The predicted molar refractivity (Wildman–Crippen MR) is 111 cm³/mol. The molecule has 0 saturated carbocycles. The maximum absolute atomic E-state index is 13.3. The van der Waals surface area contributed by atoms with Crippen LogP contribution in [0.3, 0.4) is 0 Å². The molecular weight excluding hydrogens is 402 g/mol. The SMILES string of the molecule is O=C(NC[C@H]1CCC2(CCN(C(=O)Cc3ccccc3)CC2)O1)c1cc(F)cc(F)c1. The van der Waals surface area contributed by atoms with Gasteiger partial charge in [-0.3, -0.25) is 9.59 Å². The number of nitrogens with zero attached hydrogens (tertiary/aromatic N) is 1. The molecule has 31 heavy (non-hydrogen) atoms. The average Bonchev–Trinajstić information content (AvgIpc) is 3.15. The van der Waals surface area contributed by atoms with Crippen LogP contribution < -0.4 is 5.32 Å². The van der Waals surface area contributed by atoms with E-state index >= 15 is 0 Å². The molecule has 0 bridgehead atoms. The van der Waals surface area contributed by atoms with Gasteiger partial charge in [-0.2, -0.15) is 0 Å². The minimum Gasteiger partial charge on any atom is -0.370 e. The van der Waals surface area contributed by atoms with Gasteiger partial charge in [0.1, 0.15) is 11.6 Å². The smallest absolute Gasteiger partial charge is 0.251 e. The van der Waals surface area contributed by atoms with Crippen molar-refractivity contribution in [2.75, 3.05) is 19.6 Å². The minimum atomic E-state index is -0.783. The second-order valence-corrected chi connectivity index (χ2v) is 8.37. The van der Waals surface area contributed by atoms with Crippen molar-refractivity contribution >= 4 is 11.8 Å². The number of likely N-dealkylation sites (tertiary alicyclic amines) is 1. The van der Waals surface area contributed by atoms with Gasteiger partial charge in [0, 0.05) is 31.3 Å². The van der Waals surface area contributed by atoms with Crippen molar-refractivity contribution in [1.29, 1.82) is 0 Å². The second-order valence-electron chi connectivity index (χ2n) is 8.37. The number of hydrogen-bond donors (Lipinski definition) is 1. The van der Waals surface area contributed by atoms with Crippen molar-refractivity contribution < 1.29 is 23.1 Å². The topological polar surface area (TPSA) is 58.6 Å². The van der Waals surface area contributed by atoms with Crippen LogP contribution in [0, 0.1) is 11.6 Å². The number of amides is 2. The molecule has 2 saturated heterocycles. The molecule has 0 unspecified atom stereocenters. The standard InChI is InChI=1S/C24H26F2N2O3/c25-19-13-18(14-20(26)15-19)23(30)27-16-21-6-7-24(31-21)8-10-28(11-9-24)22(29)12-17-4-2-1-3-5-17/h1-5,13-15,21H,6-12,16H2,(H,27,30)/t21-/m1/s1. The van der Waals surface area contributed by atoms with E-state index in [1.165, 1.54) is 0 Å². The highest BCUT2D eigenvalue weighted by Gasteiger charge is 2.43. The van der Waals surface area contributed by atoms with Gasteiger partial charge in [0.2, 0.25) is 5.91 Å². The van der Waals surface area contributed by atoms with E-state index in [9.17, 15) is 18.4 Å². The van der Waals surface area contributed by atoms with Crippen molar-refractivity contribution in [2.45, 2.75) is 43.8 Å². The number of carbonyl (C=O) groups is 2. The molecule has 0 aliphatic carbocycles. The first-order chi connectivity index (χ1) is 14.9. The van der Waals surface area contributed by atoms with Gasteiger partial charge in [0.25, 0.3) is 5.91 Å². The van der Waals surface area contributed by atoms with E-state index in [1.54, 1.807) is 0 Å². The molecule has 2 heterocycles. The van der Waals surface area contributed by atoms with E-state index < -0.39 is 17.5 Å². The Bertz CT molecular complexity index is 923. The van der Waals surface area contributed by atoms with E-state index in [4.69, 9.17) is 4.74 Å². The van der Waals surface area contributed by atoms with Crippen LogP contribution >= 0.6 is 0 Å². The van der Waals surface area contributed by atoms with Gasteiger partial charge >= 0.3 is 0 Å². The zero-order chi connectivity index (χ0) is 21.8. The van der Waals surface area contributed by atoms with E-state index in [0.717, 1.165) is 49.4 Å². The number of piperidine rings is 1. The molecular formula is C24H26F2N2O3. The Hall–Kier alpha value is -2.80. The summed E-state index contributed by atoms with van der Waals surface area (Å²) in [5.41, 5.74) is 0.707. The summed E-state index contributed by atoms with van der Waals surface area (Å²) in [6.07, 6.45) is 3.48. The fourth-order valence-electron chi connectivity index (χ4n) is 4.45. The third-order valence-corrected chi connectivity index (χ3v) is 6.18. The molecule has 5 nitrogen and oxygen atoms in total. The van der Waals surface area contributed by atoms with E-state index in [2.05, 4.69) is 5.32 Å². The number of nitrogens with one attached hydrogen (secondary N) is 1. The first-order valence-corrected chi connectivity index (χ1v) is 10.7.